The Labute approximate surface area is 211 Å². The topological polar surface area (TPSA) is 68.0 Å². The fourth-order valence-corrected chi connectivity index (χ4v) is 5.24. The molecule has 1 fully saturated rings. The van der Waals surface area contributed by atoms with E-state index >= 15 is 0 Å². The second-order valence-corrected chi connectivity index (χ2v) is 11.6. The summed E-state index contributed by atoms with van der Waals surface area (Å²) in [6.45, 7) is 6.47. The Kier molecular flexibility index (Phi) is 5.30. The molecule has 1 N–H and O–H groups in total. The molecule has 1 aromatic carbocycles. The van der Waals surface area contributed by atoms with Gasteiger partial charge in [-0.15, -0.1) is 0 Å². The smallest absolute Gasteiger partial charge is 0.276 e. The van der Waals surface area contributed by atoms with Gasteiger partial charge in [0.05, 0.1) is 22.6 Å². The summed E-state index contributed by atoms with van der Waals surface area (Å²) >= 11 is 0. The van der Waals surface area contributed by atoms with Gasteiger partial charge in [-0.1, -0.05) is 26.8 Å². The lowest BCUT2D eigenvalue weighted by Crippen LogP contribution is -2.27. The molecule has 0 radical (unpaired) electrons. The third-order valence-electron chi connectivity index (χ3n) is 7.53. The molecule has 6 rings (SSSR count). The average molecular weight is 483 g/mol. The van der Waals surface area contributed by atoms with E-state index in [2.05, 4.69) is 84.0 Å². The van der Waals surface area contributed by atoms with Crippen molar-refractivity contribution in [1.29, 1.82) is 0 Å². The number of fused-ring (bicyclic) bond motifs is 2. The number of aromatic nitrogens is 4. The molecule has 186 valence electrons. The standard InChI is InChI=1S/C29H34N6O/c1-29(2,3)26-15-22(10-11-30-26)34-25-16-27(31-17-24(25)28(36)35(34)21-8-9-21)32-20-7-6-18-13-23(33(4)5)14-19(18)12-20/h6-7,10-12,15-17,21,23H,8-9,13-14H2,1-5H3,(H,31,32). The van der Waals surface area contributed by atoms with Crippen LogP contribution in [-0.4, -0.2) is 44.4 Å². The summed E-state index contributed by atoms with van der Waals surface area (Å²) in [5.74, 6) is 0.733. The number of anilines is 2. The molecule has 0 saturated heterocycles. The van der Waals surface area contributed by atoms with Gasteiger partial charge in [-0.05, 0) is 75.2 Å². The second kappa shape index (κ2) is 8.30. The van der Waals surface area contributed by atoms with Crippen LogP contribution in [0.15, 0.2) is 53.6 Å². The Morgan fingerprint density at radius 1 is 1.00 bits per heavy atom. The van der Waals surface area contributed by atoms with E-state index in [0.717, 1.165) is 54.1 Å². The maximum atomic E-state index is 13.4. The summed E-state index contributed by atoms with van der Waals surface area (Å²) in [4.78, 5) is 25.0. The summed E-state index contributed by atoms with van der Waals surface area (Å²) in [5, 5.41) is 4.14. The summed E-state index contributed by atoms with van der Waals surface area (Å²) in [6.07, 6.45) is 7.76. The quantitative estimate of drug-likeness (QED) is 0.434. The SMILES string of the molecule is CN(C)C1Cc2ccc(Nc3cc4c(cn3)c(=O)n(C3CC3)n4-c3ccnc(C(C)(C)C)c3)cc2C1. The van der Waals surface area contributed by atoms with E-state index in [-0.39, 0.29) is 17.0 Å². The zero-order valence-electron chi connectivity index (χ0n) is 21.7. The van der Waals surface area contributed by atoms with Crippen LogP contribution >= 0.6 is 0 Å². The summed E-state index contributed by atoms with van der Waals surface area (Å²) in [7, 11) is 4.30. The van der Waals surface area contributed by atoms with Crippen LogP contribution in [0.3, 0.4) is 0 Å². The molecule has 7 heteroatoms. The Balaban J connectivity index is 1.41. The normalized spacial score (nSPS) is 17.7. The van der Waals surface area contributed by atoms with Gasteiger partial charge in [0.15, 0.2) is 0 Å². The first-order valence-electron chi connectivity index (χ1n) is 12.8. The number of benzene rings is 1. The highest BCUT2D eigenvalue weighted by Gasteiger charge is 2.31. The van der Waals surface area contributed by atoms with Crippen molar-refractivity contribution in [1.82, 2.24) is 24.2 Å². The Morgan fingerprint density at radius 2 is 1.78 bits per heavy atom. The van der Waals surface area contributed by atoms with Crippen LogP contribution in [0.4, 0.5) is 11.5 Å². The molecule has 1 saturated carbocycles. The maximum absolute atomic E-state index is 13.4. The number of hydrogen-bond acceptors (Lipinski definition) is 5. The zero-order chi connectivity index (χ0) is 25.2. The molecule has 36 heavy (non-hydrogen) atoms. The molecule has 3 aromatic heterocycles. The number of likely N-dealkylation sites (N-methyl/N-ethyl adjacent to an activating group) is 1. The van der Waals surface area contributed by atoms with Crippen molar-refractivity contribution in [2.45, 2.75) is 64.0 Å². The first kappa shape index (κ1) is 23.0. The third kappa shape index (κ3) is 4.01. The van der Waals surface area contributed by atoms with Gasteiger partial charge in [0, 0.05) is 41.3 Å². The van der Waals surface area contributed by atoms with Crippen LogP contribution in [0, 0.1) is 0 Å². The van der Waals surface area contributed by atoms with Crippen LogP contribution in [0.25, 0.3) is 16.6 Å². The van der Waals surface area contributed by atoms with E-state index in [0.29, 0.717) is 11.4 Å². The van der Waals surface area contributed by atoms with E-state index in [4.69, 9.17) is 0 Å². The monoisotopic (exact) mass is 482 g/mol. The predicted octanol–water partition coefficient (Wildman–Crippen LogP) is 4.99. The fourth-order valence-electron chi connectivity index (χ4n) is 5.24. The Bertz CT molecular complexity index is 1520. The molecule has 0 bridgehead atoms. The van der Waals surface area contributed by atoms with Crippen LogP contribution in [0.5, 0.6) is 0 Å². The van der Waals surface area contributed by atoms with E-state index < -0.39 is 0 Å². The van der Waals surface area contributed by atoms with E-state index in [1.54, 1.807) is 6.20 Å². The Hall–Kier alpha value is -3.45. The van der Waals surface area contributed by atoms with Gasteiger partial charge >= 0.3 is 0 Å². The van der Waals surface area contributed by atoms with Crippen LogP contribution in [0.2, 0.25) is 0 Å². The van der Waals surface area contributed by atoms with Gasteiger partial charge in [-0.25, -0.2) is 14.3 Å². The number of hydrogen-bond donors (Lipinski definition) is 1. The first-order valence-corrected chi connectivity index (χ1v) is 12.8. The van der Waals surface area contributed by atoms with Crippen molar-refractivity contribution in [3.8, 4) is 5.69 Å². The summed E-state index contributed by atoms with van der Waals surface area (Å²) in [6, 6.07) is 13.5. The molecule has 1 unspecified atom stereocenters. The van der Waals surface area contributed by atoms with Gasteiger partial charge in [-0.3, -0.25) is 9.78 Å². The van der Waals surface area contributed by atoms with Crippen molar-refractivity contribution in [2.75, 3.05) is 19.4 Å². The van der Waals surface area contributed by atoms with Crippen molar-refractivity contribution in [2.24, 2.45) is 0 Å². The lowest BCUT2D eigenvalue weighted by Gasteiger charge is -2.20. The summed E-state index contributed by atoms with van der Waals surface area (Å²) < 4.78 is 3.98. The number of nitrogens with one attached hydrogen (secondary N) is 1. The third-order valence-corrected chi connectivity index (χ3v) is 7.53. The molecule has 4 aromatic rings. The molecule has 2 aliphatic rings. The highest BCUT2D eigenvalue weighted by Crippen LogP contribution is 2.36. The molecule has 0 aliphatic heterocycles. The lowest BCUT2D eigenvalue weighted by atomic mass is 9.91. The van der Waals surface area contributed by atoms with E-state index in [1.807, 2.05) is 23.0 Å². The highest BCUT2D eigenvalue weighted by molar-refractivity contribution is 5.83. The van der Waals surface area contributed by atoms with Gasteiger partial charge < -0.3 is 10.2 Å². The molecule has 7 nitrogen and oxygen atoms in total. The number of rotatable bonds is 5. The predicted molar refractivity (Wildman–Crippen MR) is 145 cm³/mol. The van der Waals surface area contributed by atoms with Gasteiger partial charge in [-0.2, -0.15) is 0 Å². The van der Waals surface area contributed by atoms with Gasteiger partial charge in [0.1, 0.15) is 5.82 Å². The van der Waals surface area contributed by atoms with Crippen LogP contribution in [-0.2, 0) is 18.3 Å². The number of nitrogens with zero attached hydrogens (tertiary/aromatic N) is 5. The molecule has 3 heterocycles. The minimum absolute atomic E-state index is 0.0212. The average Bonchev–Trinajstić information content (AvgIpc) is 3.51. The first-order chi connectivity index (χ1) is 17.2. The second-order valence-electron chi connectivity index (χ2n) is 11.6. The molecule has 0 amide bonds. The lowest BCUT2D eigenvalue weighted by molar-refractivity contribution is 0.303. The summed E-state index contributed by atoms with van der Waals surface area (Å²) in [5.41, 5.74) is 6.59. The number of pyridine rings is 2. The molecule has 0 spiro atoms. The van der Waals surface area contributed by atoms with Crippen LogP contribution in [0.1, 0.15) is 56.5 Å². The molecule has 2 aliphatic carbocycles. The van der Waals surface area contributed by atoms with E-state index in [9.17, 15) is 4.79 Å². The highest BCUT2D eigenvalue weighted by atomic mass is 16.1. The maximum Gasteiger partial charge on any atom is 0.276 e. The van der Waals surface area contributed by atoms with Crippen molar-refractivity contribution in [3.05, 3.63) is 76.0 Å². The van der Waals surface area contributed by atoms with E-state index in [1.165, 1.54) is 11.1 Å². The molecule has 1 atom stereocenters. The van der Waals surface area contributed by atoms with Crippen LogP contribution < -0.4 is 10.9 Å². The van der Waals surface area contributed by atoms with Crippen molar-refractivity contribution < 1.29 is 0 Å². The van der Waals surface area contributed by atoms with Crippen molar-refractivity contribution >= 4 is 22.4 Å². The molecular weight excluding hydrogens is 448 g/mol. The van der Waals surface area contributed by atoms with Gasteiger partial charge in [0.2, 0.25) is 0 Å². The zero-order valence-corrected chi connectivity index (χ0v) is 21.7. The van der Waals surface area contributed by atoms with Crippen molar-refractivity contribution in [3.63, 3.8) is 0 Å². The minimum Gasteiger partial charge on any atom is -0.340 e. The van der Waals surface area contributed by atoms with Gasteiger partial charge in [0.25, 0.3) is 5.56 Å². The Morgan fingerprint density at radius 3 is 2.50 bits per heavy atom. The minimum atomic E-state index is -0.0862. The fraction of sp³-hybridized carbons (Fsp3) is 0.414. The molecular formula is C29H34N6O. The largest absolute Gasteiger partial charge is 0.340 e.